The van der Waals surface area contributed by atoms with Gasteiger partial charge in [-0.1, -0.05) is 13.8 Å². The molecule has 1 aromatic rings. The summed E-state index contributed by atoms with van der Waals surface area (Å²) in [5, 5.41) is 0. The normalized spacial score (nSPS) is 20.0. The molecule has 1 saturated heterocycles. The second-order valence-corrected chi connectivity index (χ2v) is 9.55. The van der Waals surface area contributed by atoms with Gasteiger partial charge in [0.1, 0.15) is 13.2 Å². The first-order valence-electron chi connectivity index (χ1n) is 9.67. The van der Waals surface area contributed by atoms with Crippen LogP contribution in [0, 0.1) is 5.92 Å². The van der Waals surface area contributed by atoms with Crippen molar-refractivity contribution in [3.63, 3.8) is 0 Å². The molecule has 2 heterocycles. The van der Waals surface area contributed by atoms with Crippen molar-refractivity contribution in [2.75, 3.05) is 53.0 Å². The fourth-order valence-corrected chi connectivity index (χ4v) is 4.66. The molecule has 1 N–H and O–H groups in total. The van der Waals surface area contributed by atoms with E-state index < -0.39 is 10.0 Å². The van der Waals surface area contributed by atoms with Crippen LogP contribution in [0.4, 0.5) is 0 Å². The summed E-state index contributed by atoms with van der Waals surface area (Å²) in [7, 11) is -1.47. The Morgan fingerprint density at radius 1 is 1.07 bits per heavy atom. The van der Waals surface area contributed by atoms with Gasteiger partial charge in [0.05, 0.1) is 4.90 Å². The highest BCUT2D eigenvalue weighted by Gasteiger charge is 2.26. The Labute approximate surface area is 162 Å². The minimum atomic E-state index is -3.60. The molecule has 0 bridgehead atoms. The van der Waals surface area contributed by atoms with E-state index in [0.29, 0.717) is 37.2 Å². The zero-order chi connectivity index (χ0) is 19.4. The van der Waals surface area contributed by atoms with Gasteiger partial charge >= 0.3 is 0 Å². The number of piperazine rings is 1. The number of hydrogen-bond acceptors (Lipinski definition) is 6. The van der Waals surface area contributed by atoms with Crippen molar-refractivity contribution in [1.82, 2.24) is 14.5 Å². The van der Waals surface area contributed by atoms with Crippen LogP contribution in [0.15, 0.2) is 23.1 Å². The molecule has 2 aliphatic heterocycles. The standard InChI is InChI=1S/C19H31N3O4S/c1-15(2)12-16(22-8-6-21(3)7-9-22)14-20-27(23,24)17-4-5-18-19(13-17)26-11-10-25-18/h4-5,13,15-16,20H,6-12,14H2,1-3H3. The van der Waals surface area contributed by atoms with E-state index >= 15 is 0 Å². The molecule has 27 heavy (non-hydrogen) atoms. The zero-order valence-electron chi connectivity index (χ0n) is 16.5. The highest BCUT2D eigenvalue weighted by Crippen LogP contribution is 2.32. The molecular formula is C19H31N3O4S. The number of fused-ring (bicyclic) bond motifs is 1. The summed E-state index contributed by atoms with van der Waals surface area (Å²) in [4.78, 5) is 4.93. The summed E-state index contributed by atoms with van der Waals surface area (Å²) in [6.07, 6.45) is 0.966. The molecular weight excluding hydrogens is 366 g/mol. The van der Waals surface area contributed by atoms with Gasteiger partial charge in [0.25, 0.3) is 0 Å². The summed E-state index contributed by atoms with van der Waals surface area (Å²) in [5.74, 6) is 1.59. The van der Waals surface area contributed by atoms with Crippen molar-refractivity contribution < 1.29 is 17.9 Å². The second kappa shape index (κ2) is 8.77. The number of hydrogen-bond donors (Lipinski definition) is 1. The van der Waals surface area contributed by atoms with Gasteiger partial charge < -0.3 is 14.4 Å². The van der Waals surface area contributed by atoms with Crippen LogP contribution in [0.25, 0.3) is 0 Å². The van der Waals surface area contributed by atoms with Crippen LogP contribution in [0.3, 0.4) is 0 Å². The topological polar surface area (TPSA) is 71.1 Å². The van der Waals surface area contributed by atoms with Crippen LogP contribution in [0.5, 0.6) is 11.5 Å². The highest BCUT2D eigenvalue weighted by molar-refractivity contribution is 7.89. The smallest absolute Gasteiger partial charge is 0.240 e. The van der Waals surface area contributed by atoms with Gasteiger partial charge in [0.15, 0.2) is 11.5 Å². The molecule has 7 nitrogen and oxygen atoms in total. The Balaban J connectivity index is 1.68. The number of nitrogens with zero attached hydrogens (tertiary/aromatic N) is 2. The third-order valence-corrected chi connectivity index (χ3v) is 6.55. The maximum Gasteiger partial charge on any atom is 0.240 e. The summed E-state index contributed by atoms with van der Waals surface area (Å²) in [5.41, 5.74) is 0. The van der Waals surface area contributed by atoms with Crippen LogP contribution >= 0.6 is 0 Å². The van der Waals surface area contributed by atoms with Gasteiger partial charge in [-0.3, -0.25) is 4.90 Å². The zero-order valence-corrected chi connectivity index (χ0v) is 17.3. The van der Waals surface area contributed by atoms with Crippen molar-refractivity contribution in [2.45, 2.75) is 31.2 Å². The number of likely N-dealkylation sites (N-methyl/N-ethyl adjacent to an activating group) is 1. The van der Waals surface area contributed by atoms with Crippen LogP contribution in [0.2, 0.25) is 0 Å². The molecule has 8 heteroatoms. The first kappa shape index (κ1) is 20.4. The number of rotatable bonds is 7. The number of benzene rings is 1. The molecule has 0 aromatic heterocycles. The molecule has 152 valence electrons. The molecule has 1 unspecified atom stereocenters. The third-order valence-electron chi connectivity index (χ3n) is 5.13. The van der Waals surface area contributed by atoms with Crippen LogP contribution in [0.1, 0.15) is 20.3 Å². The Morgan fingerprint density at radius 2 is 1.74 bits per heavy atom. The van der Waals surface area contributed by atoms with E-state index in [1.807, 2.05) is 0 Å². The molecule has 0 saturated carbocycles. The van der Waals surface area contributed by atoms with Crippen molar-refractivity contribution in [3.05, 3.63) is 18.2 Å². The van der Waals surface area contributed by atoms with E-state index in [1.165, 1.54) is 0 Å². The van der Waals surface area contributed by atoms with E-state index in [-0.39, 0.29) is 10.9 Å². The highest BCUT2D eigenvalue weighted by atomic mass is 32.2. The molecule has 0 spiro atoms. The van der Waals surface area contributed by atoms with Crippen LogP contribution in [-0.2, 0) is 10.0 Å². The molecule has 0 amide bonds. The van der Waals surface area contributed by atoms with E-state index in [9.17, 15) is 8.42 Å². The molecule has 3 rings (SSSR count). The lowest BCUT2D eigenvalue weighted by molar-refractivity contribution is 0.102. The number of nitrogens with one attached hydrogen (secondary N) is 1. The van der Waals surface area contributed by atoms with Gasteiger partial charge in [-0.2, -0.15) is 0 Å². The van der Waals surface area contributed by atoms with Crippen LogP contribution < -0.4 is 14.2 Å². The maximum atomic E-state index is 12.8. The predicted molar refractivity (Wildman–Crippen MR) is 105 cm³/mol. The van der Waals surface area contributed by atoms with Crippen molar-refractivity contribution in [2.24, 2.45) is 5.92 Å². The first-order chi connectivity index (χ1) is 12.8. The number of sulfonamides is 1. The molecule has 1 fully saturated rings. The molecule has 1 atom stereocenters. The van der Waals surface area contributed by atoms with E-state index in [0.717, 1.165) is 32.6 Å². The summed E-state index contributed by atoms with van der Waals surface area (Å²) >= 11 is 0. The lowest BCUT2D eigenvalue weighted by atomic mass is 10.0. The lowest BCUT2D eigenvalue weighted by Gasteiger charge is -2.38. The van der Waals surface area contributed by atoms with Crippen LogP contribution in [-0.4, -0.2) is 77.2 Å². The largest absolute Gasteiger partial charge is 0.486 e. The van der Waals surface area contributed by atoms with E-state index in [1.54, 1.807) is 18.2 Å². The summed E-state index contributed by atoms with van der Waals surface area (Å²) < 4.78 is 39.4. The van der Waals surface area contributed by atoms with Gasteiger partial charge in [0, 0.05) is 44.8 Å². The SMILES string of the molecule is CC(C)CC(CNS(=O)(=O)c1ccc2c(c1)OCCO2)N1CCN(C)CC1. The van der Waals surface area contributed by atoms with Crippen molar-refractivity contribution >= 4 is 10.0 Å². The average molecular weight is 398 g/mol. The van der Waals surface area contributed by atoms with Gasteiger partial charge in [-0.15, -0.1) is 0 Å². The Hall–Kier alpha value is -1.35. The molecule has 0 aliphatic carbocycles. The Morgan fingerprint density at radius 3 is 2.41 bits per heavy atom. The quantitative estimate of drug-likeness (QED) is 0.750. The molecule has 1 aromatic carbocycles. The van der Waals surface area contributed by atoms with Crippen molar-refractivity contribution in [1.29, 1.82) is 0 Å². The Kier molecular flexibility index (Phi) is 6.62. The molecule has 2 aliphatic rings. The van der Waals surface area contributed by atoms with Crippen molar-refractivity contribution in [3.8, 4) is 11.5 Å². The third kappa shape index (κ3) is 5.34. The minimum Gasteiger partial charge on any atom is -0.486 e. The van der Waals surface area contributed by atoms with E-state index in [4.69, 9.17) is 9.47 Å². The first-order valence-corrected chi connectivity index (χ1v) is 11.2. The fourth-order valence-electron chi connectivity index (χ4n) is 3.57. The summed E-state index contributed by atoms with van der Waals surface area (Å²) in [6, 6.07) is 4.98. The van der Waals surface area contributed by atoms with Gasteiger partial charge in [0.2, 0.25) is 10.0 Å². The summed E-state index contributed by atoms with van der Waals surface area (Å²) in [6.45, 7) is 9.67. The predicted octanol–water partition coefficient (Wildman–Crippen LogP) is 1.40. The molecule has 0 radical (unpaired) electrons. The Bertz CT molecular complexity index is 730. The van der Waals surface area contributed by atoms with E-state index in [2.05, 4.69) is 35.4 Å². The fraction of sp³-hybridized carbons (Fsp3) is 0.684. The van der Waals surface area contributed by atoms with Gasteiger partial charge in [-0.25, -0.2) is 13.1 Å². The monoisotopic (exact) mass is 397 g/mol. The lowest BCUT2D eigenvalue weighted by Crippen LogP contribution is -2.52. The minimum absolute atomic E-state index is 0.200. The number of ether oxygens (including phenoxy) is 2. The maximum absolute atomic E-state index is 12.8. The van der Waals surface area contributed by atoms with Gasteiger partial charge in [-0.05, 0) is 31.5 Å². The average Bonchev–Trinajstić information content (AvgIpc) is 2.65. The second-order valence-electron chi connectivity index (χ2n) is 7.78.